The number of amides is 1. The highest BCUT2D eigenvalue weighted by Crippen LogP contribution is 2.42. The Morgan fingerprint density at radius 2 is 2.03 bits per heavy atom. The van der Waals surface area contributed by atoms with Gasteiger partial charge in [0, 0.05) is 49.9 Å². The smallest absolute Gasteiger partial charge is 0.228 e. The lowest BCUT2D eigenvalue weighted by molar-refractivity contribution is -0.124. The Balaban J connectivity index is 1.29. The minimum atomic E-state index is -1.19. The standard InChI is InChI=1S/C29H40N4O5Si/c1-35-25-8-6-5-7-21(25)24-18-33(19-36-15-16-39(2,3)4)27-22(24)9-10-26(31-27)32-28(34)23-17-20(23)11-13-37-29-30-12-14-38-29/h5-10,18,20,23,29-30H,11-17,19H2,1-4H3,(H,31,32,34)/t20-,23-,29?/m1/s1. The molecule has 2 fully saturated rings. The number of ether oxygens (including phenoxy) is 4. The highest BCUT2D eigenvalue weighted by Gasteiger charge is 2.42. The molecule has 3 heterocycles. The fraction of sp³-hybridized carbons (Fsp3) is 0.517. The fourth-order valence-corrected chi connectivity index (χ4v) is 5.65. The van der Waals surface area contributed by atoms with Crippen LogP contribution in [0.15, 0.2) is 42.6 Å². The van der Waals surface area contributed by atoms with E-state index >= 15 is 0 Å². The first kappa shape index (κ1) is 27.8. The Kier molecular flexibility index (Phi) is 8.68. The third-order valence-electron chi connectivity index (χ3n) is 7.30. The molecule has 1 saturated carbocycles. The van der Waals surface area contributed by atoms with E-state index in [4.69, 9.17) is 23.9 Å². The molecule has 1 aliphatic heterocycles. The summed E-state index contributed by atoms with van der Waals surface area (Å²) in [4.78, 5) is 17.8. The largest absolute Gasteiger partial charge is 0.496 e. The number of carbonyl (C=O) groups excluding carboxylic acids is 1. The second-order valence-corrected chi connectivity index (χ2v) is 17.2. The molecule has 3 aromatic rings. The lowest BCUT2D eigenvalue weighted by atomic mass is 10.0. The summed E-state index contributed by atoms with van der Waals surface area (Å²) in [6.07, 6.45) is 3.46. The van der Waals surface area contributed by atoms with Crippen molar-refractivity contribution in [1.29, 1.82) is 0 Å². The Bertz CT molecular complexity index is 1280. The minimum Gasteiger partial charge on any atom is -0.496 e. The average Bonchev–Trinajstić information content (AvgIpc) is 3.33. The van der Waals surface area contributed by atoms with Crippen molar-refractivity contribution < 1.29 is 23.7 Å². The van der Waals surface area contributed by atoms with Gasteiger partial charge in [0.1, 0.15) is 23.9 Å². The number of pyridine rings is 1. The summed E-state index contributed by atoms with van der Waals surface area (Å²) < 4.78 is 24.8. The molecule has 1 aromatic carbocycles. The summed E-state index contributed by atoms with van der Waals surface area (Å²) in [5.41, 5.74) is 2.78. The van der Waals surface area contributed by atoms with E-state index in [1.165, 1.54) is 0 Å². The number of benzene rings is 1. The first-order chi connectivity index (χ1) is 18.8. The van der Waals surface area contributed by atoms with Gasteiger partial charge in [-0.2, -0.15) is 0 Å². The number of anilines is 1. The van der Waals surface area contributed by atoms with Crippen molar-refractivity contribution >= 4 is 30.8 Å². The first-order valence-electron chi connectivity index (χ1n) is 13.8. The van der Waals surface area contributed by atoms with E-state index in [0.29, 0.717) is 38.3 Å². The molecule has 2 aromatic heterocycles. The molecular formula is C29H40N4O5Si. The van der Waals surface area contributed by atoms with Crippen LogP contribution in [0.1, 0.15) is 12.8 Å². The molecule has 39 heavy (non-hydrogen) atoms. The van der Waals surface area contributed by atoms with Gasteiger partial charge in [0.25, 0.3) is 0 Å². The second kappa shape index (κ2) is 12.2. The maximum absolute atomic E-state index is 13.0. The van der Waals surface area contributed by atoms with Gasteiger partial charge < -0.3 is 28.8 Å². The number of fused-ring (bicyclic) bond motifs is 1. The summed E-state index contributed by atoms with van der Waals surface area (Å²) in [7, 11) is 0.487. The van der Waals surface area contributed by atoms with Crippen LogP contribution in [0.5, 0.6) is 5.75 Å². The van der Waals surface area contributed by atoms with Gasteiger partial charge in [0.2, 0.25) is 12.3 Å². The minimum absolute atomic E-state index is 0.00984. The number of hydrogen-bond acceptors (Lipinski definition) is 7. The van der Waals surface area contributed by atoms with E-state index in [1.807, 2.05) is 41.0 Å². The van der Waals surface area contributed by atoms with Gasteiger partial charge in [-0.1, -0.05) is 37.8 Å². The normalized spacial score (nSPS) is 20.9. The van der Waals surface area contributed by atoms with Crippen LogP contribution in [0.3, 0.4) is 0 Å². The average molecular weight is 553 g/mol. The third kappa shape index (κ3) is 7.06. The molecule has 1 aliphatic carbocycles. The Hall–Kier alpha value is -2.76. The van der Waals surface area contributed by atoms with Crippen molar-refractivity contribution in [2.45, 2.75) is 51.7 Å². The molecular weight excluding hydrogens is 512 g/mol. The van der Waals surface area contributed by atoms with Crippen molar-refractivity contribution in [3.8, 4) is 16.9 Å². The number of methoxy groups -OCH3 is 1. The van der Waals surface area contributed by atoms with Crippen LogP contribution in [0.4, 0.5) is 5.82 Å². The first-order valence-corrected chi connectivity index (χ1v) is 17.5. The lowest BCUT2D eigenvalue weighted by Gasteiger charge is -2.15. The van der Waals surface area contributed by atoms with Gasteiger partial charge in [0.15, 0.2) is 0 Å². The Labute approximate surface area is 231 Å². The van der Waals surface area contributed by atoms with Gasteiger partial charge in [-0.15, -0.1) is 0 Å². The second-order valence-electron chi connectivity index (χ2n) is 11.5. The van der Waals surface area contributed by atoms with Gasteiger partial charge in [0.05, 0.1) is 20.3 Å². The molecule has 0 bridgehead atoms. The van der Waals surface area contributed by atoms with Gasteiger partial charge in [-0.25, -0.2) is 4.98 Å². The zero-order chi connectivity index (χ0) is 27.4. The maximum Gasteiger partial charge on any atom is 0.228 e. The summed E-state index contributed by atoms with van der Waals surface area (Å²) in [6.45, 7) is 10.2. The van der Waals surface area contributed by atoms with Crippen molar-refractivity contribution in [1.82, 2.24) is 14.9 Å². The van der Waals surface area contributed by atoms with Gasteiger partial charge in [-0.3, -0.25) is 10.1 Å². The van der Waals surface area contributed by atoms with Crippen molar-refractivity contribution in [3.05, 3.63) is 42.6 Å². The molecule has 0 radical (unpaired) electrons. The van der Waals surface area contributed by atoms with E-state index in [1.54, 1.807) is 7.11 Å². The topological polar surface area (TPSA) is 95.9 Å². The maximum atomic E-state index is 13.0. The van der Waals surface area contributed by atoms with Crippen LogP contribution in [0.2, 0.25) is 25.7 Å². The van der Waals surface area contributed by atoms with E-state index in [0.717, 1.165) is 53.3 Å². The lowest BCUT2D eigenvalue weighted by Crippen LogP contribution is -2.26. The summed E-state index contributed by atoms with van der Waals surface area (Å²) in [5.74, 6) is 1.68. The number of rotatable bonds is 13. The monoisotopic (exact) mass is 552 g/mol. The highest BCUT2D eigenvalue weighted by molar-refractivity contribution is 6.76. The summed E-state index contributed by atoms with van der Waals surface area (Å²) >= 11 is 0. The number of para-hydroxylation sites is 1. The van der Waals surface area contributed by atoms with Crippen molar-refractivity contribution in [2.75, 3.05) is 38.8 Å². The summed E-state index contributed by atoms with van der Waals surface area (Å²) in [6, 6.07) is 13.0. The van der Waals surface area contributed by atoms with Crippen LogP contribution in [-0.4, -0.2) is 63.4 Å². The van der Waals surface area contributed by atoms with E-state index in [9.17, 15) is 4.79 Å². The van der Waals surface area contributed by atoms with Crippen LogP contribution in [0.25, 0.3) is 22.2 Å². The molecule has 1 saturated heterocycles. The van der Waals surface area contributed by atoms with Gasteiger partial charge >= 0.3 is 0 Å². The molecule has 9 nitrogen and oxygen atoms in total. The predicted octanol–water partition coefficient (Wildman–Crippen LogP) is 4.91. The molecule has 0 spiro atoms. The SMILES string of the molecule is COc1ccccc1-c1cn(COCC[Si](C)(C)C)c2nc(NC(=O)[C@@H]3C[C@H]3CCOC3NCCO3)ccc12. The van der Waals surface area contributed by atoms with Crippen molar-refractivity contribution in [2.24, 2.45) is 11.8 Å². The van der Waals surface area contributed by atoms with Crippen molar-refractivity contribution in [3.63, 3.8) is 0 Å². The Morgan fingerprint density at radius 3 is 2.79 bits per heavy atom. The van der Waals surface area contributed by atoms with Crippen LogP contribution < -0.4 is 15.4 Å². The quantitative estimate of drug-likeness (QED) is 0.230. The molecule has 5 rings (SSSR count). The number of aromatic nitrogens is 2. The van der Waals surface area contributed by atoms with Crippen LogP contribution in [-0.2, 0) is 25.7 Å². The fourth-order valence-electron chi connectivity index (χ4n) is 4.90. The predicted molar refractivity (Wildman–Crippen MR) is 154 cm³/mol. The summed E-state index contributed by atoms with van der Waals surface area (Å²) in [5, 5.41) is 7.15. The van der Waals surface area contributed by atoms with E-state index in [2.05, 4.69) is 36.5 Å². The van der Waals surface area contributed by atoms with E-state index in [-0.39, 0.29) is 18.2 Å². The zero-order valence-electron chi connectivity index (χ0n) is 23.4. The zero-order valence-corrected chi connectivity index (χ0v) is 24.4. The van der Waals surface area contributed by atoms with Gasteiger partial charge in [-0.05, 0) is 43.0 Å². The molecule has 10 heteroatoms. The highest BCUT2D eigenvalue weighted by atomic mass is 28.3. The number of hydrogen-bond donors (Lipinski definition) is 2. The number of nitrogens with one attached hydrogen (secondary N) is 2. The molecule has 1 amide bonds. The Morgan fingerprint density at radius 1 is 1.18 bits per heavy atom. The molecule has 1 unspecified atom stereocenters. The number of nitrogens with zero attached hydrogens (tertiary/aromatic N) is 2. The number of carbonyl (C=O) groups is 1. The molecule has 2 N–H and O–H groups in total. The van der Waals surface area contributed by atoms with Crippen LogP contribution in [0, 0.1) is 11.8 Å². The molecule has 3 atom stereocenters. The molecule has 2 aliphatic rings. The molecule has 210 valence electrons. The van der Waals surface area contributed by atoms with E-state index < -0.39 is 8.07 Å². The van der Waals surface area contributed by atoms with Crippen LogP contribution >= 0.6 is 0 Å². The third-order valence-corrected chi connectivity index (χ3v) is 9.00.